The Kier molecular flexibility index (Phi) is 7.05. The summed E-state index contributed by atoms with van der Waals surface area (Å²) in [6.07, 6.45) is 2.55. The maximum Gasteiger partial charge on any atom is 0.407 e. The number of carbonyl (C=O) groups is 1. The summed E-state index contributed by atoms with van der Waals surface area (Å²) in [5, 5.41) is 2.67. The molecule has 0 aliphatic heterocycles. The van der Waals surface area contributed by atoms with Crippen LogP contribution in [-0.4, -0.2) is 38.1 Å². The second-order valence-corrected chi connectivity index (χ2v) is 6.92. The van der Waals surface area contributed by atoms with Gasteiger partial charge in [0, 0.05) is 12.6 Å². The third kappa shape index (κ3) is 6.20. The second-order valence-electron chi connectivity index (χ2n) is 6.92. The number of halogens is 1. The summed E-state index contributed by atoms with van der Waals surface area (Å²) in [7, 11) is 0. The largest absolute Gasteiger partial charge is 0.491 e. The van der Waals surface area contributed by atoms with Crippen molar-refractivity contribution in [3.63, 3.8) is 0 Å². The number of alkyl carbamates (subject to hydrolysis) is 1. The normalized spacial score (nSPS) is 15.6. The van der Waals surface area contributed by atoms with Crippen molar-refractivity contribution in [3.8, 4) is 5.75 Å². The number of rotatable bonds is 9. The van der Waals surface area contributed by atoms with Crippen LogP contribution in [0.2, 0.25) is 0 Å². The van der Waals surface area contributed by atoms with E-state index in [9.17, 15) is 9.18 Å². The smallest absolute Gasteiger partial charge is 0.407 e. The lowest BCUT2D eigenvalue weighted by Gasteiger charge is -2.37. The van der Waals surface area contributed by atoms with Crippen molar-refractivity contribution in [1.82, 2.24) is 5.32 Å². The molecule has 0 bridgehead atoms. The molecule has 5 nitrogen and oxygen atoms in total. The number of ether oxygens (including phenoxy) is 3. The molecule has 1 N–H and O–H groups in total. The number of amides is 1. The van der Waals surface area contributed by atoms with Crippen LogP contribution in [0.1, 0.15) is 51.5 Å². The van der Waals surface area contributed by atoms with Crippen LogP contribution in [0.3, 0.4) is 0 Å². The van der Waals surface area contributed by atoms with Crippen LogP contribution < -0.4 is 10.1 Å². The lowest BCUT2D eigenvalue weighted by Crippen LogP contribution is -2.42. The van der Waals surface area contributed by atoms with Crippen LogP contribution in [0.5, 0.6) is 5.75 Å². The Morgan fingerprint density at radius 3 is 2.68 bits per heavy atom. The van der Waals surface area contributed by atoms with Gasteiger partial charge in [0.1, 0.15) is 23.8 Å². The molecule has 0 radical (unpaired) electrons. The fraction of sp³-hybridized carbons (Fsp3) is 0.632. The first-order valence-corrected chi connectivity index (χ1v) is 8.86. The summed E-state index contributed by atoms with van der Waals surface area (Å²) >= 11 is 0. The summed E-state index contributed by atoms with van der Waals surface area (Å²) in [5.74, 6) is 0.487. The summed E-state index contributed by atoms with van der Waals surface area (Å²) in [5.41, 5.74) is 0.674. The van der Waals surface area contributed by atoms with Gasteiger partial charge < -0.3 is 19.5 Å². The second kappa shape index (κ2) is 9.04. The predicted octanol–water partition coefficient (Wildman–Crippen LogP) is 4.01. The molecule has 0 spiro atoms. The van der Waals surface area contributed by atoms with E-state index in [0.29, 0.717) is 32.1 Å². The highest BCUT2D eigenvalue weighted by Crippen LogP contribution is 2.34. The molecule has 0 atom stereocenters. The molecule has 1 aliphatic carbocycles. The standard InChI is InChI=1S/C19H28FNO4/c1-14(2)16-6-5-15(20)13-17(16)24-12-11-23-10-9-21-18(22)25-19(3)7-4-8-19/h5-6,13-14H,4,7-12H2,1-3H3,(H,21,22). The highest BCUT2D eigenvalue weighted by atomic mass is 19.1. The molecule has 25 heavy (non-hydrogen) atoms. The molecular weight excluding hydrogens is 325 g/mol. The van der Waals surface area contributed by atoms with Crippen molar-refractivity contribution in [1.29, 1.82) is 0 Å². The lowest BCUT2D eigenvalue weighted by atomic mass is 9.82. The molecule has 0 aromatic heterocycles. The topological polar surface area (TPSA) is 56.8 Å². The van der Waals surface area contributed by atoms with Crippen LogP contribution in [0.15, 0.2) is 18.2 Å². The third-order valence-corrected chi connectivity index (χ3v) is 4.35. The van der Waals surface area contributed by atoms with E-state index in [0.717, 1.165) is 24.8 Å². The van der Waals surface area contributed by atoms with E-state index in [1.54, 1.807) is 6.07 Å². The van der Waals surface area contributed by atoms with Crippen molar-refractivity contribution in [2.24, 2.45) is 0 Å². The van der Waals surface area contributed by atoms with Crippen molar-refractivity contribution in [3.05, 3.63) is 29.6 Å². The lowest BCUT2D eigenvalue weighted by molar-refractivity contribution is -0.0328. The molecule has 1 fully saturated rings. The van der Waals surface area contributed by atoms with Gasteiger partial charge in [-0.2, -0.15) is 0 Å². The quantitative estimate of drug-likeness (QED) is 0.682. The monoisotopic (exact) mass is 353 g/mol. The number of hydrogen-bond acceptors (Lipinski definition) is 4. The van der Waals surface area contributed by atoms with Crippen molar-refractivity contribution in [2.75, 3.05) is 26.4 Å². The van der Waals surface area contributed by atoms with E-state index >= 15 is 0 Å². The fourth-order valence-corrected chi connectivity index (χ4v) is 2.68. The number of carbonyl (C=O) groups excluding carboxylic acids is 1. The van der Waals surface area contributed by atoms with Crippen molar-refractivity contribution < 1.29 is 23.4 Å². The summed E-state index contributed by atoms with van der Waals surface area (Å²) in [6, 6.07) is 4.58. The van der Waals surface area contributed by atoms with E-state index in [2.05, 4.69) is 5.32 Å². The number of benzene rings is 1. The van der Waals surface area contributed by atoms with Gasteiger partial charge in [0.05, 0.1) is 13.2 Å². The van der Waals surface area contributed by atoms with Crippen LogP contribution in [0, 0.1) is 5.82 Å². The number of hydrogen-bond donors (Lipinski definition) is 1. The Bertz CT molecular complexity index is 573. The van der Waals surface area contributed by atoms with E-state index in [1.807, 2.05) is 20.8 Å². The maximum atomic E-state index is 13.3. The van der Waals surface area contributed by atoms with Gasteiger partial charge in [-0.3, -0.25) is 0 Å². The Morgan fingerprint density at radius 1 is 1.28 bits per heavy atom. The maximum absolute atomic E-state index is 13.3. The Morgan fingerprint density at radius 2 is 2.04 bits per heavy atom. The van der Waals surface area contributed by atoms with E-state index in [4.69, 9.17) is 14.2 Å². The average molecular weight is 353 g/mol. The average Bonchev–Trinajstić information content (AvgIpc) is 2.52. The fourth-order valence-electron chi connectivity index (χ4n) is 2.68. The van der Waals surface area contributed by atoms with E-state index in [1.165, 1.54) is 12.1 Å². The van der Waals surface area contributed by atoms with Gasteiger partial charge >= 0.3 is 6.09 Å². The van der Waals surface area contributed by atoms with Crippen molar-refractivity contribution >= 4 is 6.09 Å². The number of nitrogens with one attached hydrogen (secondary N) is 1. The van der Waals surface area contributed by atoms with Crippen LogP contribution in [0.4, 0.5) is 9.18 Å². The first kappa shape index (κ1) is 19.5. The van der Waals surface area contributed by atoms with E-state index < -0.39 is 6.09 Å². The van der Waals surface area contributed by atoms with Crippen LogP contribution in [0.25, 0.3) is 0 Å². The molecule has 6 heteroatoms. The SMILES string of the molecule is CC(C)c1ccc(F)cc1OCCOCCNC(=O)OC1(C)CCC1. The molecule has 1 aromatic rings. The molecule has 140 valence electrons. The van der Waals surface area contributed by atoms with Crippen LogP contribution >= 0.6 is 0 Å². The minimum atomic E-state index is -0.400. The first-order chi connectivity index (χ1) is 11.9. The molecule has 2 rings (SSSR count). The molecule has 1 saturated carbocycles. The van der Waals surface area contributed by atoms with Gasteiger partial charge in [-0.05, 0) is 43.7 Å². The van der Waals surface area contributed by atoms with Crippen molar-refractivity contribution in [2.45, 2.75) is 51.6 Å². The molecule has 0 unspecified atom stereocenters. The first-order valence-electron chi connectivity index (χ1n) is 8.86. The predicted molar refractivity (Wildman–Crippen MR) is 93.5 cm³/mol. The zero-order chi connectivity index (χ0) is 18.3. The van der Waals surface area contributed by atoms with Crippen LogP contribution in [-0.2, 0) is 9.47 Å². The Hall–Kier alpha value is -1.82. The Labute approximate surface area is 148 Å². The van der Waals surface area contributed by atoms with E-state index in [-0.39, 0.29) is 17.3 Å². The van der Waals surface area contributed by atoms with Gasteiger partial charge in [0.2, 0.25) is 0 Å². The van der Waals surface area contributed by atoms with Gasteiger partial charge in [0.15, 0.2) is 0 Å². The minimum absolute atomic E-state index is 0.254. The van der Waals surface area contributed by atoms with Gasteiger partial charge in [-0.25, -0.2) is 9.18 Å². The zero-order valence-corrected chi connectivity index (χ0v) is 15.3. The zero-order valence-electron chi connectivity index (χ0n) is 15.3. The Balaban J connectivity index is 1.58. The van der Waals surface area contributed by atoms with Gasteiger partial charge in [-0.15, -0.1) is 0 Å². The summed E-state index contributed by atoms with van der Waals surface area (Å²) < 4.78 is 29.7. The molecule has 0 saturated heterocycles. The highest BCUT2D eigenvalue weighted by molar-refractivity contribution is 5.67. The minimum Gasteiger partial charge on any atom is -0.491 e. The molecule has 0 heterocycles. The molecule has 1 amide bonds. The molecule has 1 aromatic carbocycles. The van der Waals surface area contributed by atoms with Gasteiger partial charge in [0.25, 0.3) is 0 Å². The summed E-state index contributed by atoms with van der Waals surface area (Å²) in [4.78, 5) is 11.6. The third-order valence-electron chi connectivity index (χ3n) is 4.35. The summed E-state index contributed by atoms with van der Waals surface area (Å²) in [6.45, 7) is 7.45. The highest BCUT2D eigenvalue weighted by Gasteiger charge is 2.35. The van der Waals surface area contributed by atoms with Gasteiger partial charge in [-0.1, -0.05) is 19.9 Å². The molecular formula is C19H28FNO4. The molecule has 1 aliphatic rings.